The van der Waals surface area contributed by atoms with E-state index < -0.39 is 11.3 Å². The molecule has 2 aromatic carbocycles. The lowest BCUT2D eigenvalue weighted by Gasteiger charge is -2.11. The van der Waals surface area contributed by atoms with Gasteiger partial charge in [-0.25, -0.2) is 4.21 Å². The van der Waals surface area contributed by atoms with Crippen LogP contribution < -0.4 is 4.72 Å². The number of benzene rings is 2. The summed E-state index contributed by atoms with van der Waals surface area (Å²) in [6, 6.07) is 12.4. The summed E-state index contributed by atoms with van der Waals surface area (Å²) in [6.45, 7) is 1.48. The highest BCUT2D eigenvalue weighted by Gasteiger charge is 2.10. The predicted molar refractivity (Wildman–Crippen MR) is 91.9 cm³/mol. The van der Waals surface area contributed by atoms with Gasteiger partial charge < -0.3 is 0 Å². The number of thioether (sulfide) groups is 1. The van der Waals surface area contributed by atoms with Gasteiger partial charge in [-0.3, -0.25) is 14.1 Å². The first-order valence-electron chi connectivity index (χ1n) is 6.36. The maximum atomic E-state index is 11.5. The minimum Gasteiger partial charge on any atom is -0.295 e. The molecule has 1 atom stereocenters. The third-order valence-corrected chi connectivity index (χ3v) is 4.89. The number of nitrogens with one attached hydrogen (secondary N) is 1. The Morgan fingerprint density at radius 2 is 2.05 bits per heavy atom. The van der Waals surface area contributed by atoms with Crippen LogP contribution in [0.2, 0.25) is 5.02 Å². The minimum absolute atomic E-state index is 0.0549. The zero-order chi connectivity index (χ0) is 16.1. The summed E-state index contributed by atoms with van der Waals surface area (Å²) in [4.78, 5) is 12.4. The van der Waals surface area contributed by atoms with Gasteiger partial charge in [-0.15, -0.1) is 11.8 Å². The molecule has 22 heavy (non-hydrogen) atoms. The van der Waals surface area contributed by atoms with Crippen molar-refractivity contribution in [2.75, 3.05) is 4.72 Å². The maximum Gasteiger partial charge on any atom is 0.259 e. The monoisotopic (exact) mass is 355 g/mol. The topological polar surface area (TPSA) is 66.4 Å². The molecule has 0 spiro atoms. The molecule has 1 unspecified atom stereocenters. The molecule has 0 aliphatic carbocycles. The van der Waals surface area contributed by atoms with Crippen LogP contribution in [0.25, 0.3) is 0 Å². The number of rotatable bonds is 6. The third-order valence-electron chi connectivity index (χ3n) is 2.93. The molecule has 0 saturated carbocycles. The lowest BCUT2D eigenvalue weighted by molar-refractivity contribution is 0.101. The molecule has 0 fully saturated rings. The largest absolute Gasteiger partial charge is 0.295 e. The number of carbonyl (C=O) groups excluding carboxylic acids is 1. The Bertz CT molecular complexity index is 722. The zero-order valence-electron chi connectivity index (χ0n) is 11.7. The van der Waals surface area contributed by atoms with Gasteiger partial charge in [-0.05, 0) is 42.8 Å². The summed E-state index contributed by atoms with van der Waals surface area (Å²) in [5, 5.41) is 0.649. The van der Waals surface area contributed by atoms with Crippen LogP contribution in [0.5, 0.6) is 0 Å². The Balaban J connectivity index is 2.26. The van der Waals surface area contributed by atoms with E-state index in [1.54, 1.807) is 24.3 Å². The van der Waals surface area contributed by atoms with Crippen molar-refractivity contribution in [3.63, 3.8) is 0 Å². The average molecular weight is 356 g/mol. The highest BCUT2D eigenvalue weighted by Crippen LogP contribution is 2.32. The van der Waals surface area contributed by atoms with Crippen LogP contribution in [-0.2, 0) is 17.0 Å². The Hall–Kier alpha value is -1.34. The smallest absolute Gasteiger partial charge is 0.259 e. The quantitative estimate of drug-likeness (QED) is 0.458. The Labute approximate surface area is 140 Å². The maximum absolute atomic E-state index is 11.5. The molecule has 0 heterocycles. The van der Waals surface area contributed by atoms with E-state index in [2.05, 4.69) is 4.72 Å². The summed E-state index contributed by atoms with van der Waals surface area (Å²) in [5.41, 5.74) is 1.84. The number of hydrogen-bond donors (Lipinski definition) is 2. The van der Waals surface area contributed by atoms with Gasteiger partial charge in [0.25, 0.3) is 11.3 Å². The lowest BCUT2D eigenvalue weighted by Crippen LogP contribution is -2.05. The van der Waals surface area contributed by atoms with Crippen molar-refractivity contribution in [1.29, 1.82) is 0 Å². The van der Waals surface area contributed by atoms with E-state index in [0.29, 0.717) is 22.0 Å². The fourth-order valence-electron chi connectivity index (χ4n) is 1.84. The van der Waals surface area contributed by atoms with Gasteiger partial charge in [0.15, 0.2) is 5.78 Å². The summed E-state index contributed by atoms with van der Waals surface area (Å²) >= 11 is 5.45. The fraction of sp³-hybridized carbons (Fsp3) is 0.133. The molecule has 0 amide bonds. The highest BCUT2D eigenvalue weighted by molar-refractivity contribution is 7.98. The van der Waals surface area contributed by atoms with E-state index in [9.17, 15) is 9.00 Å². The van der Waals surface area contributed by atoms with Gasteiger partial charge in [0.05, 0.1) is 10.7 Å². The van der Waals surface area contributed by atoms with Crippen LogP contribution in [0.15, 0.2) is 47.4 Å². The first-order valence-corrected chi connectivity index (χ1v) is 8.83. The van der Waals surface area contributed by atoms with Crippen LogP contribution in [-0.4, -0.2) is 14.5 Å². The predicted octanol–water partition coefficient (Wildman–Crippen LogP) is 4.38. The van der Waals surface area contributed by atoms with Crippen LogP contribution in [0.1, 0.15) is 22.8 Å². The van der Waals surface area contributed by atoms with Crippen molar-refractivity contribution in [3.8, 4) is 0 Å². The van der Waals surface area contributed by atoms with Crippen LogP contribution in [0.3, 0.4) is 0 Å². The molecule has 4 nitrogen and oxygen atoms in total. The number of halogens is 1. The molecule has 7 heteroatoms. The fourth-order valence-corrected chi connectivity index (χ4v) is 3.46. The molecule has 2 rings (SSSR count). The molecule has 2 aromatic rings. The minimum atomic E-state index is -2.17. The molecular formula is C15H14ClNO3S2. The van der Waals surface area contributed by atoms with Gasteiger partial charge in [-0.1, -0.05) is 23.7 Å². The summed E-state index contributed by atoms with van der Waals surface area (Å²) in [5.74, 6) is 0.463. The van der Waals surface area contributed by atoms with E-state index in [0.717, 1.165) is 10.5 Å². The number of anilines is 1. The van der Waals surface area contributed by atoms with Crippen molar-refractivity contribution >= 4 is 46.1 Å². The second-order valence-corrected chi connectivity index (χ2v) is 6.63. The van der Waals surface area contributed by atoms with Gasteiger partial charge in [0, 0.05) is 16.2 Å². The zero-order valence-corrected chi connectivity index (χ0v) is 14.1. The van der Waals surface area contributed by atoms with E-state index in [1.807, 2.05) is 18.2 Å². The second kappa shape index (κ2) is 7.78. The van der Waals surface area contributed by atoms with Crippen LogP contribution in [0.4, 0.5) is 5.69 Å². The van der Waals surface area contributed by atoms with E-state index >= 15 is 0 Å². The molecular weight excluding hydrogens is 342 g/mol. The number of carbonyl (C=O) groups is 1. The number of hydrogen-bond acceptors (Lipinski definition) is 3. The van der Waals surface area contributed by atoms with Crippen LogP contribution in [0, 0.1) is 0 Å². The van der Waals surface area contributed by atoms with Crippen LogP contribution >= 0.6 is 23.4 Å². The molecule has 0 saturated heterocycles. The standard InChI is InChI=1S/C15H14ClNO3S2/c1-10(18)11-6-7-14(17-22(19)20)12(8-11)9-21-15-5-3-2-4-13(15)16/h2-8,17H,9H2,1H3,(H,19,20). The third kappa shape index (κ3) is 4.58. The molecule has 116 valence electrons. The van der Waals surface area contributed by atoms with E-state index in [1.165, 1.54) is 18.7 Å². The van der Waals surface area contributed by atoms with Crippen molar-refractivity contribution in [2.24, 2.45) is 0 Å². The average Bonchev–Trinajstić information content (AvgIpc) is 2.47. The Kier molecular flexibility index (Phi) is 6.02. The highest BCUT2D eigenvalue weighted by atomic mass is 35.5. The molecule has 0 aliphatic heterocycles. The molecule has 0 bridgehead atoms. The first kappa shape index (κ1) is 17.0. The van der Waals surface area contributed by atoms with Gasteiger partial charge >= 0.3 is 0 Å². The lowest BCUT2D eigenvalue weighted by atomic mass is 10.1. The summed E-state index contributed by atoms with van der Waals surface area (Å²) < 4.78 is 22.4. The van der Waals surface area contributed by atoms with Crippen molar-refractivity contribution in [1.82, 2.24) is 0 Å². The summed E-state index contributed by atoms with van der Waals surface area (Å²) in [6.07, 6.45) is 0. The molecule has 2 N–H and O–H groups in total. The van der Waals surface area contributed by atoms with E-state index in [4.69, 9.17) is 16.2 Å². The van der Waals surface area contributed by atoms with Crippen molar-refractivity contribution < 1.29 is 13.6 Å². The molecule has 0 radical (unpaired) electrons. The van der Waals surface area contributed by atoms with Crippen molar-refractivity contribution in [2.45, 2.75) is 17.6 Å². The number of ketones is 1. The normalized spacial score (nSPS) is 12.0. The first-order chi connectivity index (χ1) is 10.5. The Morgan fingerprint density at radius 1 is 1.32 bits per heavy atom. The SMILES string of the molecule is CC(=O)c1ccc(NS(=O)O)c(CSc2ccccc2Cl)c1. The van der Waals surface area contributed by atoms with Crippen molar-refractivity contribution in [3.05, 3.63) is 58.6 Å². The van der Waals surface area contributed by atoms with E-state index in [-0.39, 0.29) is 5.78 Å². The van der Waals surface area contributed by atoms with Gasteiger partial charge in [-0.2, -0.15) is 0 Å². The second-order valence-electron chi connectivity index (χ2n) is 4.50. The Morgan fingerprint density at radius 3 is 2.68 bits per heavy atom. The summed E-state index contributed by atoms with van der Waals surface area (Å²) in [7, 11) is 0. The molecule has 0 aromatic heterocycles. The molecule has 0 aliphatic rings. The number of Topliss-reactive ketones (excluding diaryl/α,β-unsaturated/α-hetero) is 1. The van der Waals surface area contributed by atoms with Gasteiger partial charge in [0.1, 0.15) is 0 Å². The van der Waals surface area contributed by atoms with Gasteiger partial charge in [0.2, 0.25) is 0 Å².